The first kappa shape index (κ1) is 28.6. The smallest absolute Gasteiger partial charge is 0.0509 e. The molecule has 0 aromatic carbocycles. The summed E-state index contributed by atoms with van der Waals surface area (Å²) >= 11 is 0. The van der Waals surface area contributed by atoms with Crippen molar-refractivity contribution in [2.24, 2.45) is 0 Å². The molecule has 0 N–H and O–H groups in total. The fraction of sp³-hybridized carbons (Fsp3) is 1.00. The molecule has 0 unspecified atom stereocenters. The lowest BCUT2D eigenvalue weighted by Crippen LogP contribution is -2.22. The van der Waals surface area contributed by atoms with Gasteiger partial charge in [0.05, 0.1) is 6.61 Å². The van der Waals surface area contributed by atoms with Crippen LogP contribution in [0.1, 0.15) is 174 Å². The highest BCUT2D eigenvalue weighted by Gasteiger charge is 2.32. The van der Waals surface area contributed by atoms with Crippen molar-refractivity contribution in [1.29, 1.82) is 0 Å². The van der Waals surface area contributed by atoms with Crippen LogP contribution in [0.15, 0.2) is 0 Å². The topological polar surface area (TPSA) is 9.23 Å². The molecular formula is C30H59OP. The molecule has 0 aromatic rings. The van der Waals surface area contributed by atoms with Gasteiger partial charge in [-0.2, -0.15) is 0 Å². The third kappa shape index (κ3) is 13.9. The van der Waals surface area contributed by atoms with Gasteiger partial charge in [0.15, 0.2) is 0 Å². The highest BCUT2D eigenvalue weighted by molar-refractivity contribution is 7.54. The average molecular weight is 467 g/mol. The van der Waals surface area contributed by atoms with E-state index in [4.69, 9.17) is 4.52 Å². The monoisotopic (exact) mass is 466 g/mol. The maximum absolute atomic E-state index is 6.71. The Balaban J connectivity index is 1.38. The standard InChI is InChI=1S/C30H59OP/c1-2-3-4-5-6-7-8-9-10-11-12-13-14-15-16-23-28-31-32(29-24-19-17-20-25-29)30-26-21-18-22-27-30/h29-30H,2-28H2,1H3. The normalized spacial score (nSPS) is 18.6. The van der Waals surface area contributed by atoms with Gasteiger partial charge < -0.3 is 4.52 Å². The fourth-order valence-corrected chi connectivity index (χ4v) is 9.11. The molecule has 0 saturated heterocycles. The second kappa shape index (κ2) is 20.7. The Hall–Kier alpha value is 0.390. The van der Waals surface area contributed by atoms with Gasteiger partial charge in [0.2, 0.25) is 0 Å². The minimum Gasteiger partial charge on any atom is -0.359 e. The molecule has 2 rings (SSSR count). The molecule has 0 amide bonds. The highest BCUT2D eigenvalue weighted by Crippen LogP contribution is 2.56. The molecule has 2 heteroatoms. The van der Waals surface area contributed by atoms with Gasteiger partial charge in [-0.05, 0) is 32.1 Å². The number of hydrogen-bond donors (Lipinski definition) is 0. The van der Waals surface area contributed by atoms with Crippen molar-refractivity contribution < 1.29 is 4.52 Å². The molecule has 2 aliphatic rings. The summed E-state index contributed by atoms with van der Waals surface area (Å²) in [7, 11) is -0.141. The molecule has 0 heterocycles. The SMILES string of the molecule is CCCCCCCCCCCCCCCCCCOP(C1CCCCC1)C1CCCCC1. The Labute approximate surface area is 204 Å². The van der Waals surface area contributed by atoms with Crippen LogP contribution in [0.25, 0.3) is 0 Å². The summed E-state index contributed by atoms with van der Waals surface area (Å²) in [6, 6.07) is 0. The van der Waals surface area contributed by atoms with Crippen molar-refractivity contribution in [2.75, 3.05) is 6.61 Å². The number of rotatable bonds is 20. The van der Waals surface area contributed by atoms with Gasteiger partial charge in [0, 0.05) is 19.5 Å². The van der Waals surface area contributed by atoms with E-state index in [2.05, 4.69) is 6.92 Å². The molecule has 0 radical (unpaired) electrons. The number of hydrogen-bond acceptors (Lipinski definition) is 1. The lowest BCUT2D eigenvalue weighted by Gasteiger charge is -2.37. The second-order valence-corrected chi connectivity index (χ2v) is 13.5. The lowest BCUT2D eigenvalue weighted by molar-refractivity contribution is 0.312. The van der Waals surface area contributed by atoms with Crippen LogP contribution in [-0.4, -0.2) is 17.9 Å². The van der Waals surface area contributed by atoms with E-state index in [0.717, 1.165) is 17.9 Å². The van der Waals surface area contributed by atoms with Crippen LogP contribution < -0.4 is 0 Å². The minimum absolute atomic E-state index is 0.141. The summed E-state index contributed by atoms with van der Waals surface area (Å²) in [6.45, 7) is 3.37. The quantitative estimate of drug-likeness (QED) is 0.128. The molecule has 0 bridgehead atoms. The lowest BCUT2D eigenvalue weighted by atomic mass is 10.00. The first-order chi connectivity index (χ1) is 15.9. The van der Waals surface area contributed by atoms with Crippen LogP contribution in [0.3, 0.4) is 0 Å². The largest absolute Gasteiger partial charge is 0.359 e. The van der Waals surface area contributed by atoms with Crippen LogP contribution in [0.2, 0.25) is 0 Å². The summed E-state index contributed by atoms with van der Waals surface area (Å²) in [5.41, 5.74) is 1.89. The van der Waals surface area contributed by atoms with Gasteiger partial charge in [0.25, 0.3) is 0 Å². The van der Waals surface area contributed by atoms with Crippen molar-refractivity contribution in [2.45, 2.75) is 185 Å². The Morgan fingerprint density at radius 2 is 0.812 bits per heavy atom. The molecule has 2 fully saturated rings. The van der Waals surface area contributed by atoms with E-state index in [-0.39, 0.29) is 8.15 Å². The van der Waals surface area contributed by atoms with E-state index in [1.807, 2.05) is 0 Å². The summed E-state index contributed by atoms with van der Waals surface area (Å²) in [5, 5.41) is 0. The van der Waals surface area contributed by atoms with Crippen molar-refractivity contribution in [3.8, 4) is 0 Å². The van der Waals surface area contributed by atoms with Gasteiger partial charge >= 0.3 is 0 Å². The van der Waals surface area contributed by atoms with Crippen molar-refractivity contribution in [1.82, 2.24) is 0 Å². The Morgan fingerprint density at radius 3 is 1.19 bits per heavy atom. The van der Waals surface area contributed by atoms with E-state index in [0.29, 0.717) is 0 Å². The van der Waals surface area contributed by atoms with E-state index in [1.165, 1.54) is 167 Å². The van der Waals surface area contributed by atoms with Crippen molar-refractivity contribution in [3.05, 3.63) is 0 Å². The minimum atomic E-state index is -0.141. The van der Waals surface area contributed by atoms with E-state index >= 15 is 0 Å². The van der Waals surface area contributed by atoms with E-state index in [9.17, 15) is 0 Å². The Kier molecular flexibility index (Phi) is 18.6. The first-order valence-corrected chi connectivity index (χ1v) is 16.7. The first-order valence-electron chi connectivity index (χ1n) is 15.3. The fourth-order valence-electron chi connectivity index (χ4n) is 6.00. The molecule has 1 nitrogen and oxygen atoms in total. The van der Waals surface area contributed by atoms with Gasteiger partial charge in [0.1, 0.15) is 0 Å². The Morgan fingerprint density at radius 1 is 0.469 bits per heavy atom. The van der Waals surface area contributed by atoms with Crippen LogP contribution in [-0.2, 0) is 4.52 Å². The molecule has 0 aromatic heterocycles. The van der Waals surface area contributed by atoms with Crippen LogP contribution in [0.5, 0.6) is 0 Å². The van der Waals surface area contributed by atoms with Gasteiger partial charge in [-0.3, -0.25) is 0 Å². The zero-order chi connectivity index (χ0) is 22.5. The molecule has 190 valence electrons. The summed E-state index contributed by atoms with van der Waals surface area (Å²) in [6.07, 6.45) is 37.9. The average Bonchev–Trinajstić information content (AvgIpc) is 2.84. The summed E-state index contributed by atoms with van der Waals surface area (Å²) in [5.74, 6) is 0. The molecule has 2 saturated carbocycles. The predicted molar refractivity (Wildman–Crippen MR) is 146 cm³/mol. The highest BCUT2D eigenvalue weighted by atomic mass is 31.1. The van der Waals surface area contributed by atoms with E-state index in [1.54, 1.807) is 0 Å². The summed E-state index contributed by atoms with van der Waals surface area (Å²) in [4.78, 5) is 0. The van der Waals surface area contributed by atoms with Crippen molar-refractivity contribution in [3.63, 3.8) is 0 Å². The maximum Gasteiger partial charge on any atom is 0.0509 e. The molecule has 0 atom stereocenters. The zero-order valence-corrected chi connectivity index (χ0v) is 23.0. The molecule has 0 aliphatic heterocycles. The third-order valence-corrected chi connectivity index (χ3v) is 11.1. The van der Waals surface area contributed by atoms with Crippen molar-refractivity contribution >= 4 is 8.15 Å². The Bertz CT molecular complexity index is 368. The number of unbranched alkanes of at least 4 members (excludes halogenated alkanes) is 15. The molecular weight excluding hydrogens is 407 g/mol. The maximum atomic E-state index is 6.71. The zero-order valence-electron chi connectivity index (χ0n) is 22.1. The molecule has 2 aliphatic carbocycles. The van der Waals surface area contributed by atoms with Crippen LogP contribution >= 0.6 is 8.15 Å². The van der Waals surface area contributed by atoms with E-state index < -0.39 is 0 Å². The van der Waals surface area contributed by atoms with Gasteiger partial charge in [-0.15, -0.1) is 0 Å². The predicted octanol–water partition coefficient (Wildman–Crippen LogP) is 11.3. The van der Waals surface area contributed by atoms with Crippen LogP contribution in [0, 0.1) is 0 Å². The second-order valence-electron chi connectivity index (χ2n) is 11.1. The molecule has 32 heavy (non-hydrogen) atoms. The third-order valence-electron chi connectivity index (χ3n) is 8.11. The van der Waals surface area contributed by atoms with Gasteiger partial charge in [-0.1, -0.05) is 142 Å². The summed E-state index contributed by atoms with van der Waals surface area (Å²) < 4.78 is 6.71. The molecule has 0 spiro atoms. The van der Waals surface area contributed by atoms with Gasteiger partial charge in [-0.25, -0.2) is 0 Å². The van der Waals surface area contributed by atoms with Crippen LogP contribution in [0.4, 0.5) is 0 Å².